The van der Waals surface area contributed by atoms with Gasteiger partial charge in [-0.05, 0) is 13.8 Å². The third kappa shape index (κ3) is 2.20. The summed E-state index contributed by atoms with van der Waals surface area (Å²) in [6, 6.07) is 0. The molecule has 6 heteroatoms. The summed E-state index contributed by atoms with van der Waals surface area (Å²) in [5.74, 6) is 0.535. The van der Waals surface area contributed by atoms with Gasteiger partial charge in [0.15, 0.2) is 5.82 Å². The molecule has 1 saturated heterocycles. The van der Waals surface area contributed by atoms with Gasteiger partial charge in [0.05, 0.1) is 18.5 Å². The Morgan fingerprint density at radius 1 is 1.50 bits per heavy atom. The van der Waals surface area contributed by atoms with Crippen molar-refractivity contribution in [2.24, 2.45) is 0 Å². The van der Waals surface area contributed by atoms with Crippen LogP contribution in [-0.2, 0) is 4.74 Å². The van der Waals surface area contributed by atoms with Crippen LogP contribution in [0.25, 0.3) is 0 Å². The molecule has 0 bridgehead atoms. The number of nitrogens with zero attached hydrogens (tertiary/aromatic N) is 2. The monoisotopic (exact) mass is 243 g/mol. The third-order valence-electron chi connectivity index (χ3n) is 2.50. The van der Waals surface area contributed by atoms with Crippen LogP contribution in [0.3, 0.4) is 0 Å². The summed E-state index contributed by atoms with van der Waals surface area (Å²) >= 11 is 5.93. The molecule has 0 amide bonds. The molecule has 1 aromatic heterocycles. The van der Waals surface area contributed by atoms with Crippen molar-refractivity contribution < 1.29 is 4.74 Å². The van der Waals surface area contributed by atoms with Crippen LogP contribution in [0.2, 0.25) is 5.02 Å². The average molecular weight is 244 g/mol. The number of morpholine rings is 1. The largest absolute Gasteiger partial charge is 0.372 e. The summed E-state index contributed by atoms with van der Waals surface area (Å²) in [7, 11) is 0. The summed E-state index contributed by atoms with van der Waals surface area (Å²) in [6.45, 7) is 5.37. The summed E-state index contributed by atoms with van der Waals surface area (Å²) < 4.78 is 5.61. The molecule has 1 N–H and O–H groups in total. The Morgan fingerprint density at radius 3 is 2.75 bits per heavy atom. The molecule has 2 atom stereocenters. The van der Waals surface area contributed by atoms with Crippen LogP contribution in [0.5, 0.6) is 0 Å². The summed E-state index contributed by atoms with van der Waals surface area (Å²) in [4.78, 5) is 19.9. The molecule has 5 nitrogen and oxygen atoms in total. The normalized spacial score (nSPS) is 25.8. The molecule has 2 rings (SSSR count). The van der Waals surface area contributed by atoms with Gasteiger partial charge in [0.2, 0.25) is 0 Å². The van der Waals surface area contributed by atoms with Gasteiger partial charge in [-0.3, -0.25) is 4.79 Å². The van der Waals surface area contributed by atoms with Crippen molar-refractivity contribution in [2.75, 3.05) is 18.0 Å². The molecule has 0 aromatic carbocycles. The van der Waals surface area contributed by atoms with Crippen molar-refractivity contribution in [3.63, 3.8) is 0 Å². The Kier molecular flexibility index (Phi) is 3.16. The summed E-state index contributed by atoms with van der Waals surface area (Å²) in [5.41, 5.74) is -0.307. The Bertz CT molecular complexity index is 424. The van der Waals surface area contributed by atoms with E-state index in [2.05, 4.69) is 9.97 Å². The highest BCUT2D eigenvalue weighted by atomic mass is 35.5. The predicted octanol–water partition coefficient (Wildman–Crippen LogP) is 1.04. The van der Waals surface area contributed by atoms with Gasteiger partial charge in [-0.2, -0.15) is 0 Å². The lowest BCUT2D eigenvalue weighted by molar-refractivity contribution is -0.00546. The fourth-order valence-electron chi connectivity index (χ4n) is 1.94. The number of hydrogen-bond acceptors (Lipinski definition) is 4. The van der Waals surface area contributed by atoms with Gasteiger partial charge < -0.3 is 14.6 Å². The zero-order valence-corrected chi connectivity index (χ0v) is 9.99. The van der Waals surface area contributed by atoms with Gasteiger partial charge in [0, 0.05) is 13.1 Å². The number of aromatic amines is 1. The molecule has 0 radical (unpaired) electrons. The second-order valence-electron chi connectivity index (χ2n) is 4.03. The molecule has 1 aromatic rings. The van der Waals surface area contributed by atoms with E-state index in [1.165, 1.54) is 6.33 Å². The number of anilines is 1. The topological polar surface area (TPSA) is 58.2 Å². The molecule has 2 heterocycles. The standard InChI is InChI=1S/C10H14ClN3O2/c1-6-3-14(4-7(2)16-6)9-8(11)10(15)13-5-12-9/h5-7H,3-4H2,1-2H3,(H,12,13,15)/t6-,7+. The predicted molar refractivity (Wildman–Crippen MR) is 62.1 cm³/mol. The van der Waals surface area contributed by atoms with Crippen molar-refractivity contribution in [3.05, 3.63) is 21.7 Å². The van der Waals surface area contributed by atoms with E-state index in [1.807, 2.05) is 18.7 Å². The lowest BCUT2D eigenvalue weighted by atomic mass is 10.2. The average Bonchev–Trinajstić information content (AvgIpc) is 2.20. The zero-order chi connectivity index (χ0) is 11.7. The first-order valence-electron chi connectivity index (χ1n) is 5.21. The van der Waals surface area contributed by atoms with Gasteiger partial charge in [-0.15, -0.1) is 0 Å². The highest BCUT2D eigenvalue weighted by Crippen LogP contribution is 2.22. The second-order valence-corrected chi connectivity index (χ2v) is 4.41. The van der Waals surface area contributed by atoms with Gasteiger partial charge in [0.25, 0.3) is 5.56 Å². The number of H-pyrrole nitrogens is 1. The Labute approximate surface area is 98.4 Å². The maximum Gasteiger partial charge on any atom is 0.271 e. The lowest BCUT2D eigenvalue weighted by Crippen LogP contribution is -2.46. The molecule has 16 heavy (non-hydrogen) atoms. The number of hydrogen-bond donors (Lipinski definition) is 1. The zero-order valence-electron chi connectivity index (χ0n) is 9.24. The van der Waals surface area contributed by atoms with Gasteiger partial charge in [0.1, 0.15) is 5.02 Å². The van der Waals surface area contributed by atoms with E-state index >= 15 is 0 Å². The van der Waals surface area contributed by atoms with Crippen molar-refractivity contribution in [1.82, 2.24) is 9.97 Å². The van der Waals surface area contributed by atoms with E-state index in [4.69, 9.17) is 16.3 Å². The minimum atomic E-state index is -0.307. The number of ether oxygens (including phenoxy) is 1. The van der Waals surface area contributed by atoms with Gasteiger partial charge in [-0.25, -0.2) is 4.98 Å². The number of rotatable bonds is 1. The molecular formula is C10H14ClN3O2. The molecular weight excluding hydrogens is 230 g/mol. The highest BCUT2D eigenvalue weighted by Gasteiger charge is 2.25. The van der Waals surface area contributed by atoms with Gasteiger partial charge >= 0.3 is 0 Å². The van der Waals surface area contributed by atoms with Crippen molar-refractivity contribution in [3.8, 4) is 0 Å². The maximum absolute atomic E-state index is 11.4. The maximum atomic E-state index is 11.4. The Morgan fingerprint density at radius 2 is 2.12 bits per heavy atom. The molecule has 1 aliphatic heterocycles. The van der Waals surface area contributed by atoms with Crippen LogP contribution in [-0.4, -0.2) is 35.3 Å². The summed E-state index contributed by atoms with van der Waals surface area (Å²) in [6.07, 6.45) is 1.59. The number of nitrogens with one attached hydrogen (secondary N) is 1. The minimum Gasteiger partial charge on any atom is -0.372 e. The first-order valence-corrected chi connectivity index (χ1v) is 5.59. The first-order chi connectivity index (χ1) is 7.58. The molecule has 88 valence electrons. The smallest absolute Gasteiger partial charge is 0.271 e. The van der Waals surface area contributed by atoms with Crippen molar-refractivity contribution in [1.29, 1.82) is 0 Å². The molecule has 1 fully saturated rings. The molecule has 0 spiro atoms. The highest BCUT2D eigenvalue weighted by molar-refractivity contribution is 6.32. The van der Waals surface area contributed by atoms with Crippen LogP contribution in [0.4, 0.5) is 5.82 Å². The van der Waals surface area contributed by atoms with E-state index < -0.39 is 0 Å². The Balaban J connectivity index is 2.30. The van der Waals surface area contributed by atoms with Crippen LogP contribution in [0.15, 0.2) is 11.1 Å². The number of halogens is 1. The second kappa shape index (κ2) is 4.43. The van der Waals surface area contributed by atoms with Gasteiger partial charge in [-0.1, -0.05) is 11.6 Å². The fraction of sp³-hybridized carbons (Fsp3) is 0.600. The van der Waals surface area contributed by atoms with E-state index in [1.54, 1.807) is 0 Å². The van der Waals surface area contributed by atoms with Crippen LogP contribution < -0.4 is 10.5 Å². The van der Waals surface area contributed by atoms with Crippen LogP contribution in [0, 0.1) is 0 Å². The first kappa shape index (κ1) is 11.4. The SMILES string of the molecule is C[C@@H]1CN(c2nc[nH]c(=O)c2Cl)C[C@H](C)O1. The van der Waals surface area contributed by atoms with E-state index in [-0.39, 0.29) is 22.8 Å². The minimum absolute atomic E-state index is 0.112. The Hall–Kier alpha value is -1.07. The molecule has 0 unspecified atom stereocenters. The quantitative estimate of drug-likeness (QED) is 0.801. The number of aromatic nitrogens is 2. The van der Waals surface area contributed by atoms with E-state index in [0.29, 0.717) is 18.9 Å². The summed E-state index contributed by atoms with van der Waals surface area (Å²) in [5, 5.41) is 0.142. The van der Waals surface area contributed by atoms with Crippen LogP contribution >= 0.6 is 11.6 Å². The van der Waals surface area contributed by atoms with Crippen molar-refractivity contribution in [2.45, 2.75) is 26.1 Å². The van der Waals surface area contributed by atoms with Crippen LogP contribution in [0.1, 0.15) is 13.8 Å². The molecule has 0 saturated carbocycles. The lowest BCUT2D eigenvalue weighted by Gasteiger charge is -2.36. The fourth-order valence-corrected chi connectivity index (χ4v) is 2.17. The van der Waals surface area contributed by atoms with E-state index in [9.17, 15) is 4.79 Å². The third-order valence-corrected chi connectivity index (χ3v) is 2.84. The van der Waals surface area contributed by atoms with Crippen molar-refractivity contribution >= 4 is 17.4 Å². The molecule has 0 aliphatic carbocycles. The van der Waals surface area contributed by atoms with E-state index in [0.717, 1.165) is 0 Å². The molecule has 1 aliphatic rings.